The largest absolute Gasteiger partial charge is 0.378 e. The van der Waals surface area contributed by atoms with E-state index in [2.05, 4.69) is 5.18 Å². The fraction of sp³-hybridized carbons (Fsp3) is 0.125. The van der Waals surface area contributed by atoms with Gasteiger partial charge in [-0.05, 0) is 5.56 Å². The lowest BCUT2D eigenvalue weighted by Crippen LogP contribution is -2.07. The van der Waals surface area contributed by atoms with Gasteiger partial charge < -0.3 is 5.11 Å². The molecule has 0 aliphatic rings. The average Bonchev–Trinajstić information content (AvgIpc) is 2.17. The van der Waals surface area contributed by atoms with Crippen LogP contribution in [0.15, 0.2) is 35.5 Å². The van der Waals surface area contributed by atoms with E-state index in [0.717, 1.165) is 0 Å². The lowest BCUT2D eigenvalue weighted by Gasteiger charge is -2.02. The van der Waals surface area contributed by atoms with E-state index in [1.807, 2.05) is 0 Å². The van der Waals surface area contributed by atoms with Crippen LogP contribution in [0.5, 0.6) is 0 Å². The molecule has 0 unspecified atom stereocenters. The molecule has 0 aliphatic heterocycles. The third kappa shape index (κ3) is 1.73. The monoisotopic (exact) mass is 165 g/mol. The van der Waals surface area contributed by atoms with Gasteiger partial charge in [0.1, 0.15) is 0 Å². The molecule has 0 aliphatic carbocycles. The van der Waals surface area contributed by atoms with Crippen molar-refractivity contribution in [3.63, 3.8) is 0 Å². The Morgan fingerprint density at radius 2 is 1.92 bits per heavy atom. The summed E-state index contributed by atoms with van der Waals surface area (Å²) in [5, 5.41) is 11.3. The van der Waals surface area contributed by atoms with Crippen molar-refractivity contribution >= 4 is 5.91 Å². The predicted octanol–water partition coefficient (Wildman–Crippen LogP) is 1.01. The molecule has 0 spiro atoms. The maximum atomic E-state index is 10.6. The van der Waals surface area contributed by atoms with Crippen molar-refractivity contribution in [2.45, 2.75) is 6.10 Å². The number of hydrogen-bond donors (Lipinski definition) is 1. The van der Waals surface area contributed by atoms with Crippen LogP contribution in [0, 0.1) is 4.91 Å². The number of nitrogens with zero attached hydrogens (tertiary/aromatic N) is 1. The number of aliphatic hydroxyl groups is 1. The first kappa shape index (κ1) is 8.55. The fourth-order valence-corrected chi connectivity index (χ4v) is 0.828. The molecule has 4 nitrogen and oxygen atoms in total. The first-order valence-electron chi connectivity index (χ1n) is 3.36. The highest BCUT2D eigenvalue weighted by Crippen LogP contribution is 2.12. The molecular formula is C8H7NO3. The molecule has 0 heterocycles. The minimum Gasteiger partial charge on any atom is -0.378 e. The second-order valence-electron chi connectivity index (χ2n) is 2.24. The first-order chi connectivity index (χ1) is 5.75. The summed E-state index contributed by atoms with van der Waals surface area (Å²) in [6.45, 7) is 0. The highest BCUT2D eigenvalue weighted by atomic mass is 16.3. The Morgan fingerprint density at radius 1 is 1.33 bits per heavy atom. The maximum Gasteiger partial charge on any atom is 0.319 e. The van der Waals surface area contributed by atoms with Crippen molar-refractivity contribution in [3.8, 4) is 0 Å². The normalized spacial score (nSPS) is 12.1. The maximum absolute atomic E-state index is 10.6. The quantitative estimate of drug-likeness (QED) is 0.665. The molecule has 1 aromatic rings. The number of hydrogen-bond acceptors (Lipinski definition) is 3. The molecule has 1 rings (SSSR count). The summed E-state index contributed by atoms with van der Waals surface area (Å²) in [4.78, 5) is 20.3. The standard InChI is InChI=1S/C8H7NO3/c10-7(8(11)9-12)6-4-2-1-3-5-6/h1-5,7,10H/t7-/m0/s1. The minimum atomic E-state index is -1.43. The van der Waals surface area contributed by atoms with Gasteiger partial charge in [-0.1, -0.05) is 30.3 Å². The highest BCUT2D eigenvalue weighted by Gasteiger charge is 2.16. The van der Waals surface area contributed by atoms with Crippen molar-refractivity contribution in [2.24, 2.45) is 5.18 Å². The van der Waals surface area contributed by atoms with E-state index in [4.69, 9.17) is 5.11 Å². The molecule has 1 aromatic carbocycles. The van der Waals surface area contributed by atoms with Crippen LogP contribution in [0.4, 0.5) is 0 Å². The van der Waals surface area contributed by atoms with Crippen molar-refractivity contribution in [2.75, 3.05) is 0 Å². The van der Waals surface area contributed by atoms with Crippen LogP contribution in [-0.4, -0.2) is 11.0 Å². The van der Waals surface area contributed by atoms with Crippen LogP contribution in [0.2, 0.25) is 0 Å². The summed E-state index contributed by atoms with van der Waals surface area (Å²) in [7, 11) is 0. The number of rotatable bonds is 2. The molecular weight excluding hydrogens is 158 g/mol. The Labute approximate surface area is 68.8 Å². The number of amides is 1. The van der Waals surface area contributed by atoms with Crippen molar-refractivity contribution < 1.29 is 9.90 Å². The molecule has 1 atom stereocenters. The molecule has 1 N–H and O–H groups in total. The van der Waals surface area contributed by atoms with Gasteiger partial charge in [0, 0.05) is 5.18 Å². The van der Waals surface area contributed by atoms with Gasteiger partial charge in [0.05, 0.1) is 0 Å². The van der Waals surface area contributed by atoms with Gasteiger partial charge in [0.15, 0.2) is 6.10 Å². The zero-order chi connectivity index (χ0) is 8.97. The molecule has 12 heavy (non-hydrogen) atoms. The number of carbonyl (C=O) groups is 1. The van der Waals surface area contributed by atoms with Gasteiger partial charge in [-0.2, -0.15) is 0 Å². The number of carbonyl (C=O) groups excluding carboxylic acids is 1. The van der Waals surface area contributed by atoms with Crippen LogP contribution < -0.4 is 0 Å². The molecule has 62 valence electrons. The molecule has 4 heteroatoms. The van der Waals surface area contributed by atoms with E-state index < -0.39 is 12.0 Å². The third-order valence-electron chi connectivity index (χ3n) is 1.44. The Bertz CT molecular complexity index is 284. The van der Waals surface area contributed by atoms with Gasteiger partial charge in [0.2, 0.25) is 0 Å². The number of benzene rings is 1. The SMILES string of the molecule is O=NC(=O)[C@@H](O)c1ccccc1. The molecule has 1 amide bonds. The van der Waals surface area contributed by atoms with E-state index >= 15 is 0 Å². The highest BCUT2D eigenvalue weighted by molar-refractivity contribution is 5.82. The molecule has 0 bridgehead atoms. The summed E-state index contributed by atoms with van der Waals surface area (Å²) in [5.74, 6) is -1.07. The Morgan fingerprint density at radius 3 is 2.42 bits per heavy atom. The van der Waals surface area contributed by atoms with Crippen molar-refractivity contribution in [1.82, 2.24) is 0 Å². The molecule has 0 radical (unpaired) electrons. The second-order valence-corrected chi connectivity index (χ2v) is 2.24. The number of nitroso groups, excluding NO2 is 1. The lowest BCUT2D eigenvalue weighted by molar-refractivity contribution is -0.126. The fourth-order valence-electron chi connectivity index (χ4n) is 0.828. The zero-order valence-corrected chi connectivity index (χ0v) is 6.18. The van der Waals surface area contributed by atoms with Gasteiger partial charge >= 0.3 is 5.91 Å². The van der Waals surface area contributed by atoms with Crippen LogP contribution in [-0.2, 0) is 4.79 Å². The van der Waals surface area contributed by atoms with E-state index in [-0.39, 0.29) is 0 Å². The molecule has 0 fully saturated rings. The van der Waals surface area contributed by atoms with E-state index in [1.165, 1.54) is 0 Å². The Balaban J connectivity index is 2.85. The second kappa shape index (κ2) is 3.73. The van der Waals surface area contributed by atoms with Gasteiger partial charge in [-0.25, -0.2) is 0 Å². The summed E-state index contributed by atoms with van der Waals surface area (Å²) in [6.07, 6.45) is -1.43. The van der Waals surface area contributed by atoms with Crippen LogP contribution in [0.25, 0.3) is 0 Å². The number of aliphatic hydroxyl groups excluding tert-OH is 1. The Hall–Kier alpha value is -1.55. The van der Waals surface area contributed by atoms with E-state index in [9.17, 15) is 9.70 Å². The summed E-state index contributed by atoms with van der Waals surface area (Å²) < 4.78 is 0. The van der Waals surface area contributed by atoms with Crippen LogP contribution in [0.1, 0.15) is 11.7 Å². The van der Waals surface area contributed by atoms with Gasteiger partial charge in [-0.3, -0.25) is 4.79 Å². The lowest BCUT2D eigenvalue weighted by atomic mass is 10.1. The van der Waals surface area contributed by atoms with Gasteiger partial charge in [-0.15, -0.1) is 4.91 Å². The third-order valence-corrected chi connectivity index (χ3v) is 1.44. The van der Waals surface area contributed by atoms with Crippen LogP contribution >= 0.6 is 0 Å². The summed E-state index contributed by atoms with van der Waals surface area (Å²) in [6, 6.07) is 8.17. The first-order valence-corrected chi connectivity index (χ1v) is 3.36. The smallest absolute Gasteiger partial charge is 0.319 e. The van der Waals surface area contributed by atoms with Crippen LogP contribution in [0.3, 0.4) is 0 Å². The molecule has 0 saturated heterocycles. The summed E-state index contributed by atoms with van der Waals surface area (Å²) >= 11 is 0. The van der Waals surface area contributed by atoms with Crippen molar-refractivity contribution in [3.05, 3.63) is 40.8 Å². The predicted molar refractivity (Wildman–Crippen MR) is 42.2 cm³/mol. The molecule has 0 saturated carbocycles. The van der Waals surface area contributed by atoms with Crippen molar-refractivity contribution in [1.29, 1.82) is 0 Å². The topological polar surface area (TPSA) is 66.7 Å². The van der Waals surface area contributed by atoms with Gasteiger partial charge in [0.25, 0.3) is 0 Å². The van der Waals surface area contributed by atoms with E-state index in [0.29, 0.717) is 5.56 Å². The molecule has 0 aromatic heterocycles. The zero-order valence-electron chi connectivity index (χ0n) is 6.18. The summed E-state index contributed by atoms with van der Waals surface area (Å²) in [5.41, 5.74) is 0.377. The minimum absolute atomic E-state index is 0.377. The Kier molecular flexibility index (Phi) is 2.66. The van der Waals surface area contributed by atoms with E-state index in [1.54, 1.807) is 30.3 Å². The average molecular weight is 165 g/mol.